The van der Waals surface area contributed by atoms with Crippen molar-refractivity contribution in [2.24, 2.45) is 5.92 Å². The average Bonchev–Trinajstić information content (AvgIpc) is 3.12. The molecule has 0 atom stereocenters. The number of benzene rings is 1. The van der Waals surface area contributed by atoms with Crippen molar-refractivity contribution in [3.05, 3.63) is 34.1 Å². The smallest absolute Gasteiger partial charge is 0.257 e. The molecule has 18 heavy (non-hydrogen) atoms. The van der Waals surface area contributed by atoms with Crippen LogP contribution in [0, 0.1) is 11.7 Å². The van der Waals surface area contributed by atoms with E-state index in [1.54, 1.807) is 17.0 Å². The van der Waals surface area contributed by atoms with Gasteiger partial charge in [0, 0.05) is 17.1 Å². The predicted molar refractivity (Wildman–Crippen MR) is 73.0 cm³/mol. The summed E-state index contributed by atoms with van der Waals surface area (Å²) >= 11 is 3.28. The van der Waals surface area contributed by atoms with Crippen molar-refractivity contribution >= 4 is 21.8 Å². The van der Waals surface area contributed by atoms with Gasteiger partial charge in [0.2, 0.25) is 0 Å². The topological polar surface area (TPSA) is 20.3 Å². The van der Waals surface area contributed by atoms with Gasteiger partial charge in [0.15, 0.2) is 0 Å². The van der Waals surface area contributed by atoms with Gasteiger partial charge >= 0.3 is 0 Å². The minimum absolute atomic E-state index is 0.0940. The summed E-state index contributed by atoms with van der Waals surface area (Å²) in [6.45, 7) is 4.68. The number of rotatable bonds is 4. The molecule has 1 aromatic rings. The molecule has 0 heterocycles. The zero-order chi connectivity index (χ0) is 13.3. The van der Waals surface area contributed by atoms with Crippen LogP contribution < -0.4 is 0 Å². The summed E-state index contributed by atoms with van der Waals surface area (Å²) in [7, 11) is 0. The molecule has 0 bridgehead atoms. The van der Waals surface area contributed by atoms with Gasteiger partial charge in [-0.2, -0.15) is 0 Å². The van der Waals surface area contributed by atoms with Crippen molar-refractivity contribution in [1.82, 2.24) is 4.90 Å². The van der Waals surface area contributed by atoms with Gasteiger partial charge in [0.05, 0.1) is 5.56 Å². The van der Waals surface area contributed by atoms with E-state index in [1.165, 1.54) is 18.9 Å². The van der Waals surface area contributed by atoms with Crippen LogP contribution in [0.15, 0.2) is 22.7 Å². The maximum Gasteiger partial charge on any atom is 0.257 e. The van der Waals surface area contributed by atoms with Crippen LogP contribution in [0.5, 0.6) is 0 Å². The van der Waals surface area contributed by atoms with Crippen LogP contribution in [0.1, 0.15) is 37.0 Å². The van der Waals surface area contributed by atoms with Crippen molar-refractivity contribution < 1.29 is 9.18 Å². The molecule has 4 heteroatoms. The number of nitrogens with zero attached hydrogens (tertiary/aromatic N) is 1. The lowest BCUT2D eigenvalue weighted by molar-refractivity contribution is 0.0691. The van der Waals surface area contributed by atoms with Crippen molar-refractivity contribution in [1.29, 1.82) is 0 Å². The molecule has 1 aromatic carbocycles. The summed E-state index contributed by atoms with van der Waals surface area (Å²) in [6.07, 6.45) is 2.36. The van der Waals surface area contributed by atoms with Gasteiger partial charge in [-0.15, -0.1) is 0 Å². The Morgan fingerprint density at radius 1 is 1.50 bits per heavy atom. The first-order valence-corrected chi connectivity index (χ1v) is 7.04. The Balaban J connectivity index is 2.23. The van der Waals surface area contributed by atoms with E-state index in [-0.39, 0.29) is 17.5 Å². The van der Waals surface area contributed by atoms with E-state index in [4.69, 9.17) is 0 Å². The molecule has 0 aliphatic heterocycles. The van der Waals surface area contributed by atoms with Crippen molar-refractivity contribution in [3.8, 4) is 0 Å². The molecule has 98 valence electrons. The maximum absolute atomic E-state index is 13.7. The zero-order valence-corrected chi connectivity index (χ0v) is 12.2. The first kappa shape index (κ1) is 13.5. The van der Waals surface area contributed by atoms with Crippen molar-refractivity contribution in [2.45, 2.75) is 32.7 Å². The quantitative estimate of drug-likeness (QED) is 0.827. The third-order valence-electron chi connectivity index (χ3n) is 3.19. The second-order valence-corrected chi connectivity index (χ2v) is 6.03. The molecule has 1 aliphatic carbocycles. The van der Waals surface area contributed by atoms with Gasteiger partial charge < -0.3 is 4.90 Å². The standard InChI is InChI=1S/C14H17BrFNO/c1-9(2)17(8-10-3-4-10)14(18)12-7-11(15)5-6-13(12)16/h5-7,9-10H,3-4,8H2,1-2H3. The Morgan fingerprint density at radius 2 is 2.17 bits per heavy atom. The lowest BCUT2D eigenvalue weighted by atomic mass is 10.1. The van der Waals surface area contributed by atoms with Crippen LogP contribution in [0.2, 0.25) is 0 Å². The van der Waals surface area contributed by atoms with Crippen LogP contribution >= 0.6 is 15.9 Å². The molecule has 2 rings (SSSR count). The van der Waals surface area contributed by atoms with Gasteiger partial charge in [-0.25, -0.2) is 4.39 Å². The van der Waals surface area contributed by atoms with E-state index in [0.717, 1.165) is 11.0 Å². The monoisotopic (exact) mass is 313 g/mol. The SMILES string of the molecule is CC(C)N(CC1CC1)C(=O)c1cc(Br)ccc1F. The summed E-state index contributed by atoms with van der Waals surface area (Å²) in [5.41, 5.74) is 0.152. The minimum atomic E-state index is -0.454. The van der Waals surface area contributed by atoms with Crippen LogP contribution in [0.25, 0.3) is 0 Å². The summed E-state index contributed by atoms with van der Waals surface area (Å²) in [4.78, 5) is 14.2. The summed E-state index contributed by atoms with van der Waals surface area (Å²) in [6, 6.07) is 4.58. The predicted octanol–water partition coefficient (Wildman–Crippen LogP) is 3.85. The molecule has 0 radical (unpaired) electrons. The number of hydrogen-bond acceptors (Lipinski definition) is 1. The van der Waals surface area contributed by atoms with Gasteiger partial charge in [-0.05, 0) is 50.8 Å². The van der Waals surface area contributed by atoms with E-state index in [2.05, 4.69) is 15.9 Å². The molecule has 1 saturated carbocycles. The maximum atomic E-state index is 13.7. The van der Waals surface area contributed by atoms with Crippen LogP contribution in [0.3, 0.4) is 0 Å². The molecular formula is C14H17BrFNO. The lowest BCUT2D eigenvalue weighted by Crippen LogP contribution is -2.38. The van der Waals surface area contributed by atoms with Crippen molar-refractivity contribution in [3.63, 3.8) is 0 Å². The van der Waals surface area contributed by atoms with Gasteiger partial charge in [-0.1, -0.05) is 15.9 Å². The second-order valence-electron chi connectivity index (χ2n) is 5.12. The number of amides is 1. The highest BCUT2D eigenvalue weighted by Gasteiger charge is 2.29. The number of halogens is 2. The Hall–Kier alpha value is -0.900. The highest BCUT2D eigenvalue weighted by molar-refractivity contribution is 9.10. The fourth-order valence-electron chi connectivity index (χ4n) is 1.92. The average molecular weight is 314 g/mol. The van der Waals surface area contributed by atoms with Crippen LogP contribution in [-0.4, -0.2) is 23.4 Å². The largest absolute Gasteiger partial charge is 0.336 e. The Labute approximate surface area is 115 Å². The molecule has 0 saturated heterocycles. The van der Waals surface area contributed by atoms with Crippen LogP contribution in [0.4, 0.5) is 4.39 Å². The van der Waals surface area contributed by atoms with E-state index in [1.807, 2.05) is 13.8 Å². The van der Waals surface area contributed by atoms with Crippen LogP contribution in [-0.2, 0) is 0 Å². The fraction of sp³-hybridized carbons (Fsp3) is 0.500. The minimum Gasteiger partial charge on any atom is -0.336 e. The molecule has 0 N–H and O–H groups in total. The molecule has 1 amide bonds. The summed E-state index contributed by atoms with van der Waals surface area (Å²) < 4.78 is 14.5. The van der Waals surface area contributed by atoms with E-state index in [9.17, 15) is 9.18 Å². The Kier molecular flexibility index (Phi) is 4.05. The third kappa shape index (κ3) is 3.10. The number of carbonyl (C=O) groups excluding carboxylic acids is 1. The molecule has 0 spiro atoms. The summed E-state index contributed by atoms with van der Waals surface area (Å²) in [5, 5.41) is 0. The first-order valence-electron chi connectivity index (χ1n) is 6.25. The zero-order valence-electron chi connectivity index (χ0n) is 10.6. The third-order valence-corrected chi connectivity index (χ3v) is 3.69. The molecule has 0 aromatic heterocycles. The first-order chi connectivity index (χ1) is 8.49. The van der Waals surface area contributed by atoms with Gasteiger partial charge in [0.1, 0.15) is 5.82 Å². The summed E-state index contributed by atoms with van der Waals surface area (Å²) in [5.74, 6) is -0.0630. The second kappa shape index (κ2) is 5.39. The molecule has 1 fully saturated rings. The van der Waals surface area contributed by atoms with Crippen molar-refractivity contribution in [2.75, 3.05) is 6.54 Å². The molecule has 2 nitrogen and oxygen atoms in total. The molecule has 0 unspecified atom stereocenters. The fourth-order valence-corrected chi connectivity index (χ4v) is 2.28. The van der Waals surface area contributed by atoms with E-state index in [0.29, 0.717) is 5.92 Å². The van der Waals surface area contributed by atoms with E-state index >= 15 is 0 Å². The van der Waals surface area contributed by atoms with Gasteiger partial charge in [0.25, 0.3) is 5.91 Å². The Morgan fingerprint density at radius 3 is 2.72 bits per heavy atom. The number of hydrogen-bond donors (Lipinski definition) is 0. The molecular weight excluding hydrogens is 297 g/mol. The highest BCUT2D eigenvalue weighted by atomic mass is 79.9. The molecule has 1 aliphatic rings. The van der Waals surface area contributed by atoms with E-state index < -0.39 is 5.82 Å². The highest BCUT2D eigenvalue weighted by Crippen LogP contribution is 2.31. The normalized spacial score (nSPS) is 14.9. The lowest BCUT2D eigenvalue weighted by Gasteiger charge is -2.27. The number of carbonyl (C=O) groups is 1. The Bertz CT molecular complexity index is 457. The van der Waals surface area contributed by atoms with Gasteiger partial charge in [-0.3, -0.25) is 4.79 Å².